The fourth-order valence-electron chi connectivity index (χ4n) is 2.49. The van der Waals surface area contributed by atoms with Gasteiger partial charge in [-0.15, -0.1) is 0 Å². The van der Waals surface area contributed by atoms with E-state index >= 15 is 0 Å². The van der Waals surface area contributed by atoms with Crippen molar-refractivity contribution in [2.24, 2.45) is 0 Å². The van der Waals surface area contributed by atoms with E-state index in [1.807, 2.05) is 0 Å². The fraction of sp³-hybridized carbons (Fsp3) is 0.867. The van der Waals surface area contributed by atoms with Gasteiger partial charge in [-0.05, 0) is 0 Å². The van der Waals surface area contributed by atoms with Crippen LogP contribution in [-0.4, -0.2) is 50.2 Å². The van der Waals surface area contributed by atoms with Crippen LogP contribution in [0.5, 0.6) is 0 Å². The number of hydrogen-bond acceptors (Lipinski definition) is 1. The van der Waals surface area contributed by atoms with Gasteiger partial charge in [0.25, 0.3) is 0 Å². The third-order valence-corrected chi connectivity index (χ3v) is 14.7. The Balaban J connectivity index is 4.91. The van der Waals surface area contributed by atoms with E-state index < -0.39 is 4.25 Å². The first-order valence-electron chi connectivity index (χ1n) is 7.38. The van der Waals surface area contributed by atoms with Crippen LogP contribution >= 0.6 is 26.3 Å². The van der Waals surface area contributed by atoms with Gasteiger partial charge in [0.05, 0.1) is 0 Å². The summed E-state index contributed by atoms with van der Waals surface area (Å²) >= 11 is 2.92. The van der Waals surface area contributed by atoms with Crippen LogP contribution < -0.4 is 0 Å². The molecule has 0 heterocycles. The zero-order chi connectivity index (χ0) is 14.1. The summed E-state index contributed by atoms with van der Waals surface area (Å²) < 4.78 is -1.57. The maximum atomic E-state index is 4.05. The Morgan fingerprint density at radius 1 is 1.06 bits per heavy atom. The molecule has 3 heteroatoms. The summed E-state index contributed by atoms with van der Waals surface area (Å²) in [7, 11) is 4.40. The van der Waals surface area contributed by atoms with Gasteiger partial charge in [-0.2, -0.15) is 0 Å². The molecule has 0 aliphatic carbocycles. The third kappa shape index (κ3) is 6.86. The number of hydrogen-bond donors (Lipinski definition) is 0. The molecule has 0 aromatic carbocycles. The zero-order valence-electron chi connectivity index (χ0n) is 12.9. The SMILES string of the molecule is C=CCP(I)(CCCC)(CCCC)CCN(C)C. The molecule has 1 nitrogen and oxygen atoms in total. The number of unbranched alkanes of at least 4 members (excludes halogenated alkanes) is 2. The van der Waals surface area contributed by atoms with E-state index in [0.717, 1.165) is 0 Å². The first-order chi connectivity index (χ1) is 8.40. The van der Waals surface area contributed by atoms with Crippen LogP contribution in [0.3, 0.4) is 0 Å². The summed E-state index contributed by atoms with van der Waals surface area (Å²) in [6, 6.07) is 0. The molecule has 0 saturated carbocycles. The summed E-state index contributed by atoms with van der Waals surface area (Å²) in [6.07, 6.45) is 13.2. The molecule has 0 aromatic rings. The van der Waals surface area contributed by atoms with Crippen LogP contribution in [-0.2, 0) is 0 Å². The van der Waals surface area contributed by atoms with Crippen molar-refractivity contribution in [1.82, 2.24) is 4.90 Å². The van der Waals surface area contributed by atoms with Crippen molar-refractivity contribution >= 4 is 26.3 Å². The number of allylic oxidation sites excluding steroid dienone is 1. The van der Waals surface area contributed by atoms with Gasteiger partial charge in [0, 0.05) is 0 Å². The number of rotatable bonds is 11. The molecule has 0 N–H and O–H groups in total. The van der Waals surface area contributed by atoms with Crippen molar-refractivity contribution in [2.45, 2.75) is 39.5 Å². The Morgan fingerprint density at radius 3 is 1.89 bits per heavy atom. The molecular weight excluding hydrogens is 352 g/mol. The summed E-state index contributed by atoms with van der Waals surface area (Å²) in [5.74, 6) is 0. The molecule has 0 amide bonds. The minimum absolute atomic E-state index is 1.24. The second kappa shape index (κ2) is 8.92. The molecule has 0 aromatic heterocycles. The van der Waals surface area contributed by atoms with E-state index in [0.29, 0.717) is 0 Å². The maximum absolute atomic E-state index is 4.05. The molecule has 0 bridgehead atoms. The number of halogens is 1. The molecule has 110 valence electrons. The van der Waals surface area contributed by atoms with Gasteiger partial charge in [0.2, 0.25) is 0 Å². The first kappa shape index (κ1) is 18.9. The van der Waals surface area contributed by atoms with E-state index in [2.05, 4.69) is 67.5 Å². The Labute approximate surface area is 128 Å². The Hall–Kier alpha value is 0.860. The van der Waals surface area contributed by atoms with E-state index in [9.17, 15) is 0 Å². The molecule has 0 aliphatic heterocycles. The van der Waals surface area contributed by atoms with Crippen molar-refractivity contribution in [2.75, 3.05) is 45.3 Å². The molecule has 0 aliphatic rings. The van der Waals surface area contributed by atoms with Crippen LogP contribution in [0.15, 0.2) is 12.7 Å². The average molecular weight is 385 g/mol. The van der Waals surface area contributed by atoms with Gasteiger partial charge in [0.1, 0.15) is 0 Å². The number of nitrogens with zero attached hydrogens (tertiary/aromatic N) is 1. The van der Waals surface area contributed by atoms with Crippen molar-refractivity contribution in [3.8, 4) is 0 Å². The predicted octanol–water partition coefficient (Wildman–Crippen LogP) is 5.24. The van der Waals surface area contributed by atoms with E-state index in [1.54, 1.807) is 0 Å². The van der Waals surface area contributed by atoms with Gasteiger partial charge in [-0.1, -0.05) is 0 Å². The van der Waals surface area contributed by atoms with E-state index in [-0.39, 0.29) is 0 Å². The van der Waals surface area contributed by atoms with Crippen molar-refractivity contribution < 1.29 is 0 Å². The van der Waals surface area contributed by atoms with Gasteiger partial charge < -0.3 is 0 Å². The second-order valence-corrected chi connectivity index (χ2v) is 19.5. The molecule has 18 heavy (non-hydrogen) atoms. The molecule has 0 saturated heterocycles. The second-order valence-electron chi connectivity index (χ2n) is 5.97. The third-order valence-electron chi connectivity index (χ3n) is 3.83. The Bertz CT molecular complexity index is 233. The summed E-state index contributed by atoms with van der Waals surface area (Å²) in [6.45, 7) is 9.92. The van der Waals surface area contributed by atoms with Gasteiger partial charge in [-0.3, -0.25) is 0 Å². The summed E-state index contributed by atoms with van der Waals surface area (Å²) in [4.78, 5) is 2.35. The summed E-state index contributed by atoms with van der Waals surface area (Å²) in [5.41, 5.74) is 0. The van der Waals surface area contributed by atoms with Crippen LogP contribution in [0, 0.1) is 0 Å². The molecular formula is C15H33INP. The fourth-order valence-corrected chi connectivity index (χ4v) is 11.0. The van der Waals surface area contributed by atoms with Gasteiger partial charge in [0.15, 0.2) is 0 Å². The molecule has 0 rings (SSSR count). The van der Waals surface area contributed by atoms with Crippen molar-refractivity contribution in [3.05, 3.63) is 12.7 Å². The van der Waals surface area contributed by atoms with E-state index in [1.165, 1.54) is 56.9 Å². The molecule has 0 atom stereocenters. The van der Waals surface area contributed by atoms with Crippen molar-refractivity contribution in [3.63, 3.8) is 0 Å². The monoisotopic (exact) mass is 385 g/mol. The van der Waals surface area contributed by atoms with Crippen molar-refractivity contribution in [1.29, 1.82) is 0 Å². The van der Waals surface area contributed by atoms with Gasteiger partial charge >= 0.3 is 129 Å². The zero-order valence-corrected chi connectivity index (χ0v) is 16.0. The molecule has 0 radical (unpaired) electrons. The quantitative estimate of drug-likeness (QED) is 0.267. The predicted molar refractivity (Wildman–Crippen MR) is 99.0 cm³/mol. The van der Waals surface area contributed by atoms with Crippen LogP contribution in [0.25, 0.3) is 0 Å². The Morgan fingerprint density at radius 2 is 1.56 bits per heavy atom. The molecule has 0 unspecified atom stereocenters. The Kier molecular flexibility index (Phi) is 9.34. The van der Waals surface area contributed by atoms with Crippen LogP contribution in [0.2, 0.25) is 0 Å². The van der Waals surface area contributed by atoms with Crippen LogP contribution in [0.1, 0.15) is 39.5 Å². The summed E-state index contributed by atoms with van der Waals surface area (Å²) in [5, 5.41) is 0. The minimum atomic E-state index is -1.57. The van der Waals surface area contributed by atoms with Gasteiger partial charge in [-0.25, -0.2) is 0 Å². The normalized spacial score (nSPS) is 14.4. The molecule has 0 fully saturated rings. The average Bonchev–Trinajstić information content (AvgIpc) is 2.33. The topological polar surface area (TPSA) is 3.24 Å². The first-order valence-corrected chi connectivity index (χ1v) is 13.1. The van der Waals surface area contributed by atoms with Crippen LogP contribution in [0.4, 0.5) is 0 Å². The molecule has 0 spiro atoms. The van der Waals surface area contributed by atoms with E-state index in [4.69, 9.17) is 0 Å². The standard InChI is InChI=1S/C15H33INP/c1-6-9-13-18(16,12-8-3,14-10-7-2)15-11-17(4)5/h8H,3,6-7,9-15H2,1-2,4-5H3.